The zero-order valence-electron chi connectivity index (χ0n) is 15.3. The van der Waals surface area contributed by atoms with Crippen LogP contribution >= 0.6 is 22.2 Å². The molecule has 1 aliphatic rings. The largest absolute Gasteiger partial charge is 0.432 e. The highest BCUT2D eigenvalue weighted by Gasteiger charge is 2.35. The molecular weight excluding hydrogens is 431 g/mol. The van der Waals surface area contributed by atoms with Crippen molar-refractivity contribution in [1.29, 1.82) is 0 Å². The number of benzene rings is 1. The van der Waals surface area contributed by atoms with Crippen molar-refractivity contribution in [3.05, 3.63) is 52.3 Å². The van der Waals surface area contributed by atoms with Gasteiger partial charge in [0.15, 0.2) is 5.69 Å². The van der Waals surface area contributed by atoms with E-state index in [0.29, 0.717) is 35.2 Å². The zero-order chi connectivity index (χ0) is 21.2. The molecule has 3 N–H and O–H groups in total. The predicted octanol–water partition coefficient (Wildman–Crippen LogP) is 4.88. The summed E-state index contributed by atoms with van der Waals surface area (Å²) in [6.07, 6.45) is -3.49. The van der Waals surface area contributed by atoms with Crippen molar-refractivity contribution in [1.82, 2.24) is 15.1 Å². The Bertz CT molecular complexity index is 875. The van der Waals surface area contributed by atoms with Crippen molar-refractivity contribution in [3.63, 3.8) is 0 Å². The monoisotopic (exact) mass is 451 g/mol. The van der Waals surface area contributed by atoms with E-state index in [9.17, 15) is 27.1 Å². The lowest BCUT2D eigenvalue weighted by Crippen LogP contribution is -2.33. The van der Waals surface area contributed by atoms with Gasteiger partial charge in [0, 0.05) is 35.7 Å². The Hall–Kier alpha value is -1.75. The molecule has 2 aromatic rings. The quantitative estimate of drug-likeness (QED) is 0.583. The molecule has 0 saturated carbocycles. The van der Waals surface area contributed by atoms with Crippen molar-refractivity contribution in [2.45, 2.75) is 25.6 Å². The van der Waals surface area contributed by atoms with Gasteiger partial charge in [-0.05, 0) is 30.4 Å². The first-order valence-corrected chi connectivity index (χ1v) is 11.2. The maximum absolute atomic E-state index is 12.9. The highest BCUT2D eigenvalue weighted by atomic mass is 35.5. The summed E-state index contributed by atoms with van der Waals surface area (Å²) >= 11 is 6.18. The van der Waals surface area contributed by atoms with Crippen LogP contribution in [0.5, 0.6) is 0 Å². The Kier molecular flexibility index (Phi) is 6.47. The molecule has 6 nitrogen and oxygen atoms in total. The minimum absolute atomic E-state index is 0.0338. The van der Waals surface area contributed by atoms with E-state index >= 15 is 0 Å². The standard InChI is InChI=1S/C18H21ClF3N3O3S/c19-14-4-2-1-3-13(14)10-25(7-5-12-6-8-29(27,28)11-12)17(26)15-9-16(24-23-15)18(20,21)22/h1-4,9,12,27-28H,5-8,10-11H2,(H,23,24). The number of nitrogens with one attached hydrogen (secondary N) is 1. The number of halogens is 4. The van der Waals surface area contributed by atoms with Crippen LogP contribution in [0.15, 0.2) is 30.3 Å². The molecule has 0 radical (unpaired) electrons. The summed E-state index contributed by atoms with van der Waals surface area (Å²) in [6.45, 7) is 0.341. The van der Waals surface area contributed by atoms with Gasteiger partial charge < -0.3 is 4.90 Å². The van der Waals surface area contributed by atoms with Crippen LogP contribution in [0.3, 0.4) is 0 Å². The van der Waals surface area contributed by atoms with Gasteiger partial charge in [-0.3, -0.25) is 19.0 Å². The number of alkyl halides is 3. The van der Waals surface area contributed by atoms with Crippen molar-refractivity contribution in [2.24, 2.45) is 5.92 Å². The van der Waals surface area contributed by atoms with Gasteiger partial charge in [-0.1, -0.05) is 29.8 Å². The molecule has 160 valence electrons. The molecule has 0 bridgehead atoms. The summed E-state index contributed by atoms with van der Waals surface area (Å²) in [5.41, 5.74) is -0.770. The fraction of sp³-hybridized carbons (Fsp3) is 0.444. The second-order valence-corrected chi connectivity index (χ2v) is 9.85. The SMILES string of the molecule is O=C(c1cc(C(F)(F)F)[nH]n1)N(CCC1CCS(O)(O)C1)Cc1ccccc1Cl. The fourth-order valence-corrected chi connectivity index (χ4v) is 5.45. The van der Waals surface area contributed by atoms with Crippen LogP contribution in [0.25, 0.3) is 0 Å². The molecule has 2 heterocycles. The first-order chi connectivity index (χ1) is 13.5. The van der Waals surface area contributed by atoms with Gasteiger partial charge in [0.2, 0.25) is 0 Å². The third-order valence-electron chi connectivity index (χ3n) is 4.87. The van der Waals surface area contributed by atoms with E-state index in [1.54, 1.807) is 24.3 Å². The van der Waals surface area contributed by atoms with E-state index in [-0.39, 0.29) is 30.5 Å². The Morgan fingerprint density at radius 2 is 2.07 bits per heavy atom. The minimum Gasteiger partial charge on any atom is -0.333 e. The first kappa shape index (κ1) is 21.9. The number of hydrogen-bond donors (Lipinski definition) is 3. The number of H-pyrrole nitrogens is 1. The van der Waals surface area contributed by atoms with Crippen LogP contribution in [0, 0.1) is 5.92 Å². The maximum atomic E-state index is 12.9. The number of carbonyl (C=O) groups excluding carboxylic acids is 1. The number of hydrogen-bond acceptors (Lipinski definition) is 4. The molecule has 1 atom stereocenters. The Labute approximate surface area is 172 Å². The van der Waals surface area contributed by atoms with Crippen LogP contribution in [-0.4, -0.2) is 48.2 Å². The Balaban J connectivity index is 1.77. The van der Waals surface area contributed by atoms with Crippen LogP contribution in [-0.2, 0) is 12.7 Å². The van der Waals surface area contributed by atoms with Crippen LogP contribution in [0.1, 0.15) is 34.6 Å². The minimum atomic E-state index is -4.63. The fourth-order valence-electron chi connectivity index (χ4n) is 3.29. The molecule has 1 aromatic heterocycles. The molecule has 0 aliphatic carbocycles. The Morgan fingerprint density at radius 3 is 2.66 bits per heavy atom. The summed E-state index contributed by atoms with van der Waals surface area (Å²) in [4.78, 5) is 14.3. The summed E-state index contributed by atoms with van der Waals surface area (Å²) < 4.78 is 58.1. The van der Waals surface area contributed by atoms with Gasteiger partial charge in [-0.15, -0.1) is 0 Å². The number of carbonyl (C=O) groups is 1. The predicted molar refractivity (Wildman–Crippen MR) is 105 cm³/mol. The van der Waals surface area contributed by atoms with Crippen LogP contribution < -0.4 is 0 Å². The van der Waals surface area contributed by atoms with Gasteiger partial charge in [0.25, 0.3) is 5.91 Å². The van der Waals surface area contributed by atoms with Crippen LogP contribution in [0.4, 0.5) is 13.2 Å². The van der Waals surface area contributed by atoms with Crippen molar-refractivity contribution in [3.8, 4) is 0 Å². The highest BCUT2D eigenvalue weighted by molar-refractivity contribution is 8.24. The molecule has 1 amide bonds. The maximum Gasteiger partial charge on any atom is 0.432 e. The summed E-state index contributed by atoms with van der Waals surface area (Å²) in [7, 11) is -2.56. The number of rotatable bonds is 6. The normalized spacial score (nSPS) is 19.9. The molecule has 3 rings (SSSR count). The highest BCUT2D eigenvalue weighted by Crippen LogP contribution is 2.49. The molecule has 0 spiro atoms. The lowest BCUT2D eigenvalue weighted by atomic mass is 10.0. The average molecular weight is 452 g/mol. The molecule has 1 aliphatic heterocycles. The summed E-state index contributed by atoms with van der Waals surface area (Å²) in [5, 5.41) is 5.82. The third-order valence-corrected chi connectivity index (χ3v) is 7.14. The van der Waals surface area contributed by atoms with Gasteiger partial charge in [0.1, 0.15) is 5.69 Å². The second kappa shape index (κ2) is 8.55. The molecule has 1 aromatic carbocycles. The number of amides is 1. The van der Waals surface area contributed by atoms with E-state index in [4.69, 9.17) is 11.6 Å². The van der Waals surface area contributed by atoms with Gasteiger partial charge in [0.05, 0.1) is 0 Å². The molecule has 1 saturated heterocycles. The second-order valence-electron chi connectivity index (χ2n) is 7.10. The van der Waals surface area contributed by atoms with Crippen LogP contribution in [0.2, 0.25) is 5.02 Å². The van der Waals surface area contributed by atoms with E-state index in [2.05, 4.69) is 5.10 Å². The summed E-state index contributed by atoms with van der Waals surface area (Å²) in [6, 6.07) is 7.59. The van der Waals surface area contributed by atoms with Crippen molar-refractivity contribution >= 4 is 28.1 Å². The van der Waals surface area contributed by atoms with Gasteiger partial charge in [-0.2, -0.15) is 28.9 Å². The van der Waals surface area contributed by atoms with E-state index in [1.165, 1.54) is 4.90 Å². The smallest absolute Gasteiger partial charge is 0.333 e. The van der Waals surface area contributed by atoms with Gasteiger partial charge in [-0.25, -0.2) is 0 Å². The number of nitrogens with zero attached hydrogens (tertiary/aromatic N) is 2. The average Bonchev–Trinajstić information content (AvgIpc) is 3.26. The zero-order valence-corrected chi connectivity index (χ0v) is 16.9. The van der Waals surface area contributed by atoms with Crippen molar-refractivity contribution < 1.29 is 27.1 Å². The molecule has 29 heavy (non-hydrogen) atoms. The molecule has 1 unspecified atom stereocenters. The Morgan fingerprint density at radius 1 is 1.34 bits per heavy atom. The lowest BCUT2D eigenvalue weighted by Gasteiger charge is -2.27. The molecule has 1 fully saturated rings. The van der Waals surface area contributed by atoms with E-state index < -0.39 is 28.4 Å². The van der Waals surface area contributed by atoms with E-state index in [0.717, 1.165) is 0 Å². The number of aromatic nitrogens is 2. The molecule has 11 heteroatoms. The van der Waals surface area contributed by atoms with Gasteiger partial charge >= 0.3 is 6.18 Å². The lowest BCUT2D eigenvalue weighted by molar-refractivity contribution is -0.141. The first-order valence-electron chi connectivity index (χ1n) is 8.94. The number of aromatic amines is 1. The van der Waals surface area contributed by atoms with E-state index in [1.807, 2.05) is 5.10 Å². The molecular formula is C18H21ClF3N3O3S. The van der Waals surface area contributed by atoms with Crippen molar-refractivity contribution in [2.75, 3.05) is 18.1 Å². The summed E-state index contributed by atoms with van der Waals surface area (Å²) in [5.74, 6) is -0.000587. The topological polar surface area (TPSA) is 89.5 Å². The third kappa shape index (κ3) is 5.65.